The molecule has 1 N–H and O–H groups in total. The Kier molecular flexibility index (Phi) is 6.80. The van der Waals surface area contributed by atoms with E-state index < -0.39 is 77.3 Å². The van der Waals surface area contributed by atoms with Gasteiger partial charge in [0, 0.05) is 0 Å². The second-order valence-electron chi connectivity index (χ2n) is 6.71. The molecular formula is C15H11Cl2F8N5O3S2. The molecule has 0 unspecified atom stereocenters. The Hall–Kier alpha value is -2.49. The Morgan fingerprint density at radius 2 is 1.71 bits per heavy atom. The third kappa shape index (κ3) is 6.59. The van der Waals surface area contributed by atoms with E-state index in [1.165, 1.54) is 6.07 Å². The molecule has 0 saturated carbocycles. The van der Waals surface area contributed by atoms with Crippen molar-refractivity contribution in [1.82, 2.24) is 9.78 Å². The van der Waals surface area contributed by atoms with Gasteiger partial charge in [0.1, 0.15) is 35.2 Å². The van der Waals surface area contributed by atoms with Crippen molar-refractivity contribution in [3.8, 4) is 11.8 Å². The monoisotopic (exact) mass is 595 g/mol. The number of anilines is 2. The molecule has 0 spiro atoms. The molecule has 0 aliphatic rings. The molecule has 20 heteroatoms. The predicted octanol–water partition coefficient (Wildman–Crippen LogP) is 5.65. The van der Waals surface area contributed by atoms with Gasteiger partial charge in [0.2, 0.25) is 10.0 Å². The first-order valence-corrected chi connectivity index (χ1v) is 13.0. The van der Waals surface area contributed by atoms with Crippen molar-refractivity contribution >= 4 is 61.2 Å². The Labute approximate surface area is 201 Å². The molecule has 0 amide bonds. The maximum absolute atomic E-state index is 13.2. The number of alkyl halides is 3. The fraction of sp³-hybridized carbons (Fsp3) is 0.267. The number of sulfonamides is 1. The number of nitrogens with one attached hydrogen (secondary N) is 1. The van der Waals surface area contributed by atoms with E-state index in [2.05, 4.69) is 10.4 Å². The zero-order chi connectivity index (χ0) is 27.3. The number of carbonyl (C=O) groups excluding carboxylic acids is 1. The molecule has 196 valence electrons. The van der Waals surface area contributed by atoms with Crippen LogP contribution in [-0.2, 0) is 14.8 Å². The van der Waals surface area contributed by atoms with Gasteiger partial charge >= 0.3 is 16.4 Å². The lowest BCUT2D eigenvalue weighted by molar-refractivity contribution is -0.117. The number of hydrogen-bond donors (Lipinski definition) is 1. The zero-order valence-electron chi connectivity index (χ0n) is 16.8. The fourth-order valence-electron chi connectivity index (χ4n) is 2.67. The number of nitriles is 1. The van der Waals surface area contributed by atoms with Crippen molar-refractivity contribution in [2.75, 3.05) is 29.0 Å². The van der Waals surface area contributed by atoms with E-state index in [1.54, 1.807) is 0 Å². The number of rotatable bonds is 8. The van der Waals surface area contributed by atoms with Crippen LogP contribution in [-0.4, -0.2) is 50.0 Å². The lowest BCUT2D eigenvalue weighted by atomic mass is 10.3. The molecular weight excluding hydrogens is 585 g/mol. The average Bonchev–Trinajstić information content (AvgIpc) is 2.98. The number of benzene rings is 1. The van der Waals surface area contributed by atoms with Crippen molar-refractivity contribution in [3.63, 3.8) is 0 Å². The predicted molar refractivity (Wildman–Crippen MR) is 112 cm³/mol. The third-order valence-corrected chi connectivity index (χ3v) is 6.75. The third-order valence-electron chi connectivity index (χ3n) is 3.94. The molecule has 2 rings (SSSR count). The van der Waals surface area contributed by atoms with E-state index in [9.17, 15) is 51.1 Å². The Balaban J connectivity index is 2.97. The molecule has 0 saturated heterocycles. The Bertz CT molecular complexity index is 1320. The zero-order valence-corrected chi connectivity index (χ0v) is 19.9. The van der Waals surface area contributed by atoms with Gasteiger partial charge in [0.15, 0.2) is 11.5 Å². The molecule has 8 nitrogen and oxygen atoms in total. The van der Waals surface area contributed by atoms with Gasteiger partial charge in [-0.15, -0.1) is 0 Å². The van der Waals surface area contributed by atoms with E-state index in [0.29, 0.717) is 10.9 Å². The normalized spacial score (nSPS) is 14.6. The quantitative estimate of drug-likeness (QED) is 0.312. The summed E-state index contributed by atoms with van der Waals surface area (Å²) in [4.78, 5) is 8.34. The van der Waals surface area contributed by atoms with E-state index in [4.69, 9.17) is 23.2 Å². The van der Waals surface area contributed by atoms with Crippen LogP contribution in [0.2, 0.25) is 10.0 Å². The number of nitrogens with zero attached hydrogens (tertiary/aromatic N) is 4. The van der Waals surface area contributed by atoms with E-state index >= 15 is 0 Å². The topological polar surface area (TPSA) is 108 Å². The molecule has 2 aromatic rings. The summed E-state index contributed by atoms with van der Waals surface area (Å²) in [7, 11) is -15.1. The molecule has 1 aromatic heterocycles. The molecule has 0 radical (unpaired) electrons. The summed E-state index contributed by atoms with van der Waals surface area (Å²) in [6, 6.07) is 0.852. The minimum absolute atomic E-state index is 0.155. The molecule has 0 fully saturated rings. The van der Waals surface area contributed by atoms with E-state index in [0.717, 1.165) is 0 Å². The molecule has 1 aromatic carbocycles. The van der Waals surface area contributed by atoms with Crippen molar-refractivity contribution in [2.24, 2.45) is 0 Å². The lowest BCUT2D eigenvalue weighted by Gasteiger charge is -2.40. The van der Waals surface area contributed by atoms with Crippen LogP contribution >= 0.6 is 33.4 Å². The van der Waals surface area contributed by atoms with Crippen molar-refractivity contribution in [2.45, 2.75) is 11.1 Å². The standard InChI is InChI=1S/C15H11Cl2F8N5O3S2/c1-34(32,33)29(7-15(18,19)20)13-11(6-26)28-30(14(13)27-2-3-31)12-9(16)4-8(5-10(12)17)35(21,22,23,24)25/h3-5,27H,2,7H2,1H3. The summed E-state index contributed by atoms with van der Waals surface area (Å²) < 4.78 is 130. The highest BCUT2D eigenvalue weighted by Gasteiger charge is 2.65. The molecule has 0 aliphatic carbocycles. The molecule has 35 heavy (non-hydrogen) atoms. The number of aldehydes is 1. The first-order valence-electron chi connectivity index (χ1n) is 8.48. The maximum atomic E-state index is 13.2. The summed E-state index contributed by atoms with van der Waals surface area (Å²) in [5.74, 6) is -0.841. The molecule has 0 bridgehead atoms. The van der Waals surface area contributed by atoms with Crippen LogP contribution < -0.4 is 9.62 Å². The van der Waals surface area contributed by atoms with Gasteiger partial charge in [-0.25, -0.2) is 13.1 Å². The van der Waals surface area contributed by atoms with Crippen molar-refractivity contribution in [3.05, 3.63) is 27.9 Å². The van der Waals surface area contributed by atoms with Crippen molar-refractivity contribution in [1.29, 1.82) is 5.26 Å². The minimum atomic E-state index is -10.3. The Morgan fingerprint density at radius 3 is 2.09 bits per heavy atom. The first-order chi connectivity index (χ1) is 15.5. The average molecular weight is 596 g/mol. The summed E-state index contributed by atoms with van der Waals surface area (Å²) in [6.45, 7) is -2.90. The Morgan fingerprint density at radius 1 is 1.20 bits per heavy atom. The van der Waals surface area contributed by atoms with Crippen molar-refractivity contribution < 1.29 is 45.8 Å². The van der Waals surface area contributed by atoms with Crippen LogP contribution in [0.4, 0.5) is 44.1 Å². The maximum Gasteiger partial charge on any atom is 0.407 e. The van der Waals surface area contributed by atoms with Gasteiger partial charge in [0.05, 0.1) is 22.8 Å². The van der Waals surface area contributed by atoms with Crippen LogP contribution in [0, 0.1) is 11.3 Å². The van der Waals surface area contributed by atoms with Crippen LogP contribution in [0.5, 0.6) is 0 Å². The van der Waals surface area contributed by atoms with Gasteiger partial charge in [-0.05, 0) is 12.1 Å². The molecule has 0 atom stereocenters. The number of aromatic nitrogens is 2. The van der Waals surface area contributed by atoms with Crippen LogP contribution in [0.15, 0.2) is 17.0 Å². The minimum Gasteiger partial charge on any atom is -0.361 e. The number of halogens is 10. The summed E-state index contributed by atoms with van der Waals surface area (Å²) >= 11 is 11.5. The van der Waals surface area contributed by atoms with Gasteiger partial charge in [-0.2, -0.15) is 23.5 Å². The number of carbonyl (C=O) groups is 1. The molecule has 0 aliphatic heterocycles. The lowest BCUT2D eigenvalue weighted by Crippen LogP contribution is -2.39. The fourth-order valence-corrected chi connectivity index (χ4v) is 5.02. The van der Waals surface area contributed by atoms with E-state index in [-0.39, 0.29) is 22.7 Å². The second kappa shape index (κ2) is 8.28. The van der Waals surface area contributed by atoms with Crippen LogP contribution in [0.3, 0.4) is 0 Å². The van der Waals surface area contributed by atoms with Gasteiger partial charge in [0.25, 0.3) is 0 Å². The first kappa shape index (κ1) is 28.7. The van der Waals surface area contributed by atoms with E-state index in [1.807, 2.05) is 0 Å². The number of hydrogen-bond acceptors (Lipinski definition) is 6. The second-order valence-corrected chi connectivity index (χ2v) is 11.8. The largest absolute Gasteiger partial charge is 0.407 e. The summed E-state index contributed by atoms with van der Waals surface area (Å²) in [6.07, 6.45) is -4.65. The highest BCUT2D eigenvalue weighted by Crippen LogP contribution is 3.02. The van der Waals surface area contributed by atoms with Crippen LogP contribution in [0.1, 0.15) is 5.69 Å². The van der Waals surface area contributed by atoms with Gasteiger partial charge in [-0.1, -0.05) is 42.6 Å². The summed E-state index contributed by atoms with van der Waals surface area (Å²) in [5, 5.41) is 12.8. The van der Waals surface area contributed by atoms with Crippen LogP contribution in [0.25, 0.3) is 5.69 Å². The smallest absolute Gasteiger partial charge is 0.361 e. The highest BCUT2D eigenvalue weighted by molar-refractivity contribution is 8.45. The SMILES string of the molecule is CS(=O)(=O)N(CC(F)(F)F)c1c(C#N)nn(-c2c(Cl)cc(S(F)(F)(F)(F)F)cc2Cl)c1NCC=O. The highest BCUT2D eigenvalue weighted by atomic mass is 35.5. The van der Waals surface area contributed by atoms with Gasteiger partial charge in [-0.3, -0.25) is 4.31 Å². The van der Waals surface area contributed by atoms with Gasteiger partial charge < -0.3 is 10.1 Å². The summed E-state index contributed by atoms with van der Waals surface area (Å²) in [5.41, 5.74) is -2.91. The molecule has 1 heterocycles.